The highest BCUT2D eigenvalue weighted by Crippen LogP contribution is 2.33. The molecule has 1 unspecified atom stereocenters. The second kappa shape index (κ2) is 8.97. The van der Waals surface area contributed by atoms with Crippen molar-refractivity contribution in [3.8, 4) is 0 Å². The standard InChI is InChI=1S/C20H31N5O.2ClH/c1-11(2)15-9-14(19(26)23-16(10-21)13-7-8-13)17-12(3)24-25(18(17)22-15)20(4,5)6;;/h9,11,13,16H,7-8,10,21H2,1-6H3,(H,23,26);2*1H. The number of aromatic nitrogens is 3. The average Bonchev–Trinajstić information content (AvgIpc) is 3.34. The van der Waals surface area contributed by atoms with Gasteiger partial charge in [-0.25, -0.2) is 9.67 Å². The van der Waals surface area contributed by atoms with E-state index in [0.29, 0.717) is 18.0 Å². The van der Waals surface area contributed by atoms with E-state index in [0.717, 1.165) is 35.3 Å². The minimum atomic E-state index is -0.212. The smallest absolute Gasteiger partial charge is 0.252 e. The van der Waals surface area contributed by atoms with E-state index in [1.165, 1.54) is 0 Å². The van der Waals surface area contributed by atoms with Crippen molar-refractivity contribution >= 4 is 41.8 Å². The van der Waals surface area contributed by atoms with Gasteiger partial charge in [-0.2, -0.15) is 5.10 Å². The maximum atomic E-state index is 13.1. The van der Waals surface area contributed by atoms with Gasteiger partial charge in [0.05, 0.1) is 22.2 Å². The molecule has 0 saturated heterocycles. The van der Waals surface area contributed by atoms with Gasteiger partial charge in [0.2, 0.25) is 0 Å². The summed E-state index contributed by atoms with van der Waals surface area (Å²) in [5, 5.41) is 8.69. The fraction of sp³-hybridized carbons (Fsp3) is 0.650. The number of amides is 1. The fourth-order valence-electron chi connectivity index (χ4n) is 3.36. The number of nitrogens with zero attached hydrogens (tertiary/aromatic N) is 3. The van der Waals surface area contributed by atoms with Crippen molar-refractivity contribution in [2.75, 3.05) is 6.54 Å². The summed E-state index contributed by atoms with van der Waals surface area (Å²) >= 11 is 0. The Balaban J connectivity index is 0.00000196. The fourth-order valence-corrected chi connectivity index (χ4v) is 3.36. The van der Waals surface area contributed by atoms with Gasteiger partial charge < -0.3 is 11.1 Å². The van der Waals surface area contributed by atoms with E-state index < -0.39 is 0 Å². The normalized spacial score (nSPS) is 15.1. The lowest BCUT2D eigenvalue weighted by molar-refractivity contribution is 0.0935. The summed E-state index contributed by atoms with van der Waals surface area (Å²) in [4.78, 5) is 18.0. The molecule has 2 aromatic heterocycles. The van der Waals surface area contributed by atoms with Gasteiger partial charge in [0, 0.05) is 18.3 Å². The van der Waals surface area contributed by atoms with Crippen LogP contribution in [0.5, 0.6) is 0 Å². The van der Waals surface area contributed by atoms with Gasteiger partial charge >= 0.3 is 0 Å². The zero-order valence-electron chi connectivity index (χ0n) is 17.6. The third-order valence-corrected chi connectivity index (χ3v) is 5.07. The zero-order valence-corrected chi connectivity index (χ0v) is 19.2. The van der Waals surface area contributed by atoms with Gasteiger partial charge in [-0.15, -0.1) is 24.8 Å². The number of pyridine rings is 1. The van der Waals surface area contributed by atoms with Crippen molar-refractivity contribution in [2.45, 2.75) is 71.9 Å². The SMILES string of the molecule is Cc1nn(C(C)(C)C)c2nc(C(C)C)cc(C(=O)NC(CN)C3CC3)c12.Cl.Cl. The predicted octanol–water partition coefficient (Wildman–Crippen LogP) is 3.93. The molecule has 3 rings (SSSR count). The first kappa shape index (κ1) is 24.7. The molecule has 3 N–H and O–H groups in total. The Morgan fingerprint density at radius 1 is 1.32 bits per heavy atom. The van der Waals surface area contributed by atoms with E-state index in [1.54, 1.807) is 0 Å². The number of aryl methyl sites for hydroxylation is 1. The number of carbonyl (C=O) groups excluding carboxylic acids is 1. The Hall–Kier alpha value is -1.37. The molecule has 6 nitrogen and oxygen atoms in total. The molecule has 0 spiro atoms. The Bertz CT molecular complexity index is 837. The number of fused-ring (bicyclic) bond motifs is 1. The van der Waals surface area contributed by atoms with Crippen LogP contribution in [0.4, 0.5) is 0 Å². The molecule has 158 valence electrons. The Labute approximate surface area is 179 Å². The van der Waals surface area contributed by atoms with Gasteiger partial charge in [-0.3, -0.25) is 4.79 Å². The first-order valence-corrected chi connectivity index (χ1v) is 9.55. The highest BCUT2D eigenvalue weighted by Gasteiger charge is 2.32. The predicted molar refractivity (Wildman–Crippen MR) is 119 cm³/mol. The van der Waals surface area contributed by atoms with Crippen LogP contribution < -0.4 is 11.1 Å². The molecular formula is C20H33Cl2N5O. The van der Waals surface area contributed by atoms with E-state index in [2.05, 4.69) is 39.9 Å². The minimum absolute atomic E-state index is 0. The summed E-state index contributed by atoms with van der Waals surface area (Å²) in [6, 6.07) is 1.97. The third-order valence-electron chi connectivity index (χ3n) is 5.07. The molecule has 0 bridgehead atoms. The lowest BCUT2D eigenvalue weighted by Crippen LogP contribution is -2.41. The van der Waals surface area contributed by atoms with Crippen LogP contribution in [0.1, 0.15) is 75.1 Å². The molecule has 1 aliphatic rings. The summed E-state index contributed by atoms with van der Waals surface area (Å²) in [5.74, 6) is 0.672. The topological polar surface area (TPSA) is 85.8 Å². The molecule has 8 heteroatoms. The average molecular weight is 430 g/mol. The van der Waals surface area contributed by atoms with Crippen LogP contribution in [0.3, 0.4) is 0 Å². The van der Waals surface area contributed by atoms with Gasteiger partial charge in [-0.05, 0) is 58.4 Å². The van der Waals surface area contributed by atoms with Crippen LogP contribution in [-0.2, 0) is 5.54 Å². The Kier molecular flexibility index (Phi) is 7.90. The first-order chi connectivity index (χ1) is 12.1. The highest BCUT2D eigenvalue weighted by atomic mass is 35.5. The van der Waals surface area contributed by atoms with Crippen LogP contribution in [0.15, 0.2) is 6.07 Å². The highest BCUT2D eigenvalue weighted by molar-refractivity contribution is 6.06. The maximum absolute atomic E-state index is 13.1. The first-order valence-electron chi connectivity index (χ1n) is 9.55. The molecule has 1 amide bonds. The van der Waals surface area contributed by atoms with Crippen molar-refractivity contribution < 1.29 is 4.79 Å². The van der Waals surface area contributed by atoms with Gasteiger partial charge in [0.1, 0.15) is 0 Å². The number of halogens is 2. The van der Waals surface area contributed by atoms with E-state index in [1.807, 2.05) is 17.7 Å². The van der Waals surface area contributed by atoms with Crippen molar-refractivity contribution in [1.29, 1.82) is 0 Å². The minimum Gasteiger partial charge on any atom is -0.348 e. The number of hydrogen-bond donors (Lipinski definition) is 2. The largest absolute Gasteiger partial charge is 0.348 e. The summed E-state index contributed by atoms with van der Waals surface area (Å²) < 4.78 is 1.93. The van der Waals surface area contributed by atoms with Crippen LogP contribution in [0.25, 0.3) is 11.0 Å². The number of rotatable bonds is 5. The summed E-state index contributed by atoms with van der Waals surface area (Å²) in [5.41, 5.74) is 8.84. The van der Waals surface area contributed by atoms with Crippen molar-refractivity contribution in [3.63, 3.8) is 0 Å². The number of nitrogens with two attached hydrogens (primary N) is 1. The van der Waals surface area contributed by atoms with Gasteiger partial charge in [0.25, 0.3) is 5.91 Å². The molecule has 1 atom stereocenters. The van der Waals surface area contributed by atoms with E-state index in [9.17, 15) is 4.79 Å². The molecule has 2 aromatic rings. The monoisotopic (exact) mass is 429 g/mol. The second-order valence-corrected chi connectivity index (χ2v) is 8.77. The Morgan fingerprint density at radius 2 is 1.93 bits per heavy atom. The lowest BCUT2D eigenvalue weighted by Gasteiger charge is -2.21. The van der Waals surface area contributed by atoms with Crippen LogP contribution in [0, 0.1) is 12.8 Å². The summed E-state index contributed by atoms with van der Waals surface area (Å²) in [7, 11) is 0. The number of hydrogen-bond acceptors (Lipinski definition) is 4. The van der Waals surface area contributed by atoms with Crippen molar-refractivity contribution in [3.05, 3.63) is 23.0 Å². The molecule has 28 heavy (non-hydrogen) atoms. The molecule has 1 fully saturated rings. The number of carbonyl (C=O) groups is 1. The Morgan fingerprint density at radius 3 is 2.39 bits per heavy atom. The van der Waals surface area contributed by atoms with Crippen LogP contribution in [-0.4, -0.2) is 33.3 Å². The molecular weight excluding hydrogens is 397 g/mol. The molecule has 1 aliphatic carbocycles. The van der Waals surface area contributed by atoms with Gasteiger partial charge in [-0.1, -0.05) is 13.8 Å². The van der Waals surface area contributed by atoms with Crippen LogP contribution >= 0.6 is 24.8 Å². The van der Waals surface area contributed by atoms with Crippen molar-refractivity contribution in [2.24, 2.45) is 11.7 Å². The summed E-state index contributed by atoms with van der Waals surface area (Å²) in [6.07, 6.45) is 2.29. The van der Waals surface area contributed by atoms with E-state index >= 15 is 0 Å². The summed E-state index contributed by atoms with van der Waals surface area (Å²) in [6.45, 7) is 12.9. The number of nitrogens with one attached hydrogen (secondary N) is 1. The molecule has 2 heterocycles. The van der Waals surface area contributed by atoms with Crippen LogP contribution in [0.2, 0.25) is 0 Å². The molecule has 0 radical (unpaired) electrons. The quantitative estimate of drug-likeness (QED) is 0.753. The zero-order chi connectivity index (χ0) is 19.2. The second-order valence-electron chi connectivity index (χ2n) is 8.77. The van der Waals surface area contributed by atoms with Gasteiger partial charge in [0.15, 0.2) is 5.65 Å². The maximum Gasteiger partial charge on any atom is 0.252 e. The van der Waals surface area contributed by atoms with Crippen molar-refractivity contribution in [1.82, 2.24) is 20.1 Å². The molecule has 1 saturated carbocycles. The molecule has 0 aliphatic heterocycles. The van der Waals surface area contributed by atoms with E-state index in [4.69, 9.17) is 15.8 Å². The lowest BCUT2D eigenvalue weighted by atomic mass is 10.0. The third kappa shape index (κ3) is 4.78. The molecule has 0 aromatic carbocycles. The van der Waals surface area contributed by atoms with E-state index in [-0.39, 0.29) is 48.2 Å².